The minimum Gasteiger partial charge on any atom is -0.464 e. The first-order valence-electron chi connectivity index (χ1n) is 9.03. The molecule has 0 amide bonds. The Kier molecular flexibility index (Phi) is 5.14. The van der Waals surface area contributed by atoms with Crippen molar-refractivity contribution in [3.05, 3.63) is 84.5 Å². The third-order valence-electron chi connectivity index (χ3n) is 4.89. The van der Waals surface area contributed by atoms with Gasteiger partial charge in [-0.2, -0.15) is 5.10 Å². The Labute approximate surface area is 181 Å². The number of fused-ring (bicyclic) bond motifs is 1. The van der Waals surface area contributed by atoms with Gasteiger partial charge in [-0.15, -0.1) is 22.8 Å². The molecule has 0 fully saturated rings. The summed E-state index contributed by atoms with van der Waals surface area (Å²) in [6, 6.07) is 21.7. The second kappa shape index (κ2) is 7.74. The van der Waals surface area contributed by atoms with Crippen LogP contribution in [0.1, 0.15) is 11.1 Å². The summed E-state index contributed by atoms with van der Waals surface area (Å²) < 4.78 is 7.43. The SMILES string of the molecule is Cc1cc(-c2ccccc2)cc(C)c1-n1cnnc1-c1[c-]cc2ncoc2c1.[Ir]. The molecule has 2 heterocycles. The molecule has 6 heteroatoms. The molecule has 0 N–H and O–H groups in total. The average Bonchev–Trinajstić information content (AvgIpc) is 3.37. The number of oxazole rings is 1. The van der Waals surface area contributed by atoms with Crippen LogP contribution in [0, 0.1) is 19.9 Å². The molecule has 0 spiro atoms. The Bertz CT molecular complexity index is 1270. The monoisotopic (exact) mass is 558 g/mol. The van der Waals surface area contributed by atoms with Crippen molar-refractivity contribution in [1.29, 1.82) is 0 Å². The topological polar surface area (TPSA) is 56.7 Å². The third-order valence-corrected chi connectivity index (χ3v) is 4.89. The molecule has 3 aromatic carbocycles. The molecule has 0 saturated carbocycles. The van der Waals surface area contributed by atoms with Crippen molar-refractivity contribution in [2.24, 2.45) is 0 Å². The van der Waals surface area contributed by atoms with Crippen LogP contribution in [-0.4, -0.2) is 19.7 Å². The molecule has 0 unspecified atom stereocenters. The first kappa shape index (κ1) is 19.2. The van der Waals surface area contributed by atoms with E-state index in [1.807, 2.05) is 22.8 Å². The van der Waals surface area contributed by atoms with Crippen LogP contribution in [0.2, 0.25) is 0 Å². The second-order valence-corrected chi connectivity index (χ2v) is 6.80. The molecule has 0 aliphatic carbocycles. The summed E-state index contributed by atoms with van der Waals surface area (Å²) in [4.78, 5) is 4.15. The predicted octanol–water partition coefficient (Wildman–Crippen LogP) is 5.16. The summed E-state index contributed by atoms with van der Waals surface area (Å²) in [5.41, 5.74) is 8.07. The first-order valence-corrected chi connectivity index (χ1v) is 9.03. The van der Waals surface area contributed by atoms with Gasteiger partial charge in [0.25, 0.3) is 0 Å². The van der Waals surface area contributed by atoms with Gasteiger partial charge in [0, 0.05) is 31.3 Å². The smallest absolute Gasteiger partial charge is 0.170 e. The van der Waals surface area contributed by atoms with E-state index in [1.54, 1.807) is 6.33 Å². The van der Waals surface area contributed by atoms with Crippen LogP contribution >= 0.6 is 0 Å². The van der Waals surface area contributed by atoms with Crippen molar-refractivity contribution in [3.63, 3.8) is 0 Å². The van der Waals surface area contributed by atoms with Gasteiger partial charge >= 0.3 is 0 Å². The van der Waals surface area contributed by atoms with E-state index >= 15 is 0 Å². The van der Waals surface area contributed by atoms with Gasteiger partial charge in [-0.25, -0.2) is 0 Å². The summed E-state index contributed by atoms with van der Waals surface area (Å²) in [6.45, 7) is 4.23. The zero-order chi connectivity index (χ0) is 19.1. The average molecular weight is 558 g/mol. The number of hydrogen-bond acceptors (Lipinski definition) is 4. The molecule has 0 atom stereocenters. The van der Waals surface area contributed by atoms with E-state index in [9.17, 15) is 0 Å². The van der Waals surface area contributed by atoms with Crippen LogP contribution in [0.4, 0.5) is 0 Å². The molecule has 0 aliphatic rings. The Balaban J connectivity index is 0.00000205. The van der Waals surface area contributed by atoms with Gasteiger partial charge in [-0.05, 0) is 48.2 Å². The number of aromatic nitrogens is 4. The molecule has 0 bridgehead atoms. The van der Waals surface area contributed by atoms with Crippen molar-refractivity contribution >= 4 is 11.1 Å². The first-order chi connectivity index (χ1) is 13.7. The molecule has 5 rings (SSSR count). The molecular formula is C23H17IrN4O-. The number of rotatable bonds is 3. The molecule has 5 aromatic rings. The summed E-state index contributed by atoms with van der Waals surface area (Å²) in [6.07, 6.45) is 3.18. The van der Waals surface area contributed by atoms with Gasteiger partial charge in [0.1, 0.15) is 6.33 Å². The van der Waals surface area contributed by atoms with Crippen LogP contribution in [0.15, 0.2) is 71.7 Å². The largest absolute Gasteiger partial charge is 0.464 e. The summed E-state index contributed by atoms with van der Waals surface area (Å²) >= 11 is 0. The molecule has 2 aromatic heterocycles. The molecule has 29 heavy (non-hydrogen) atoms. The maximum atomic E-state index is 5.43. The fourth-order valence-electron chi connectivity index (χ4n) is 3.64. The van der Waals surface area contributed by atoms with E-state index in [0.29, 0.717) is 5.58 Å². The molecule has 1 radical (unpaired) electrons. The van der Waals surface area contributed by atoms with Crippen molar-refractivity contribution < 1.29 is 24.5 Å². The fourth-order valence-corrected chi connectivity index (χ4v) is 3.64. The fraction of sp³-hybridized carbons (Fsp3) is 0.0870. The van der Waals surface area contributed by atoms with Gasteiger partial charge in [-0.3, -0.25) is 4.98 Å². The maximum absolute atomic E-state index is 5.43. The van der Waals surface area contributed by atoms with Crippen molar-refractivity contribution in [3.8, 4) is 28.2 Å². The van der Waals surface area contributed by atoms with E-state index in [2.05, 4.69) is 71.5 Å². The minimum atomic E-state index is 0. The number of nitrogens with zero attached hydrogens (tertiary/aromatic N) is 4. The number of hydrogen-bond donors (Lipinski definition) is 0. The van der Waals surface area contributed by atoms with Gasteiger partial charge in [0.15, 0.2) is 6.39 Å². The minimum absolute atomic E-state index is 0. The van der Waals surface area contributed by atoms with Crippen LogP contribution in [0.3, 0.4) is 0 Å². The molecule has 5 nitrogen and oxygen atoms in total. The maximum Gasteiger partial charge on any atom is 0.170 e. The Morgan fingerprint density at radius 1 is 0.966 bits per heavy atom. The normalized spacial score (nSPS) is 10.8. The van der Waals surface area contributed by atoms with Crippen LogP contribution in [0.5, 0.6) is 0 Å². The Morgan fingerprint density at radius 3 is 2.48 bits per heavy atom. The van der Waals surface area contributed by atoms with E-state index in [-0.39, 0.29) is 20.1 Å². The van der Waals surface area contributed by atoms with Gasteiger partial charge < -0.3 is 8.98 Å². The zero-order valence-corrected chi connectivity index (χ0v) is 18.3. The number of benzene rings is 3. The van der Waals surface area contributed by atoms with E-state index in [4.69, 9.17) is 4.42 Å². The van der Waals surface area contributed by atoms with Gasteiger partial charge in [0.2, 0.25) is 0 Å². The van der Waals surface area contributed by atoms with Crippen molar-refractivity contribution in [2.45, 2.75) is 13.8 Å². The van der Waals surface area contributed by atoms with E-state index in [1.165, 1.54) is 17.5 Å². The van der Waals surface area contributed by atoms with Gasteiger partial charge in [0.05, 0.1) is 11.4 Å². The van der Waals surface area contributed by atoms with E-state index < -0.39 is 0 Å². The zero-order valence-electron chi connectivity index (χ0n) is 15.9. The van der Waals surface area contributed by atoms with Crippen molar-refractivity contribution in [2.75, 3.05) is 0 Å². The van der Waals surface area contributed by atoms with Gasteiger partial charge in [-0.1, -0.05) is 36.4 Å². The summed E-state index contributed by atoms with van der Waals surface area (Å²) in [5, 5.41) is 8.49. The van der Waals surface area contributed by atoms with E-state index in [0.717, 1.165) is 33.7 Å². The predicted molar refractivity (Wildman–Crippen MR) is 108 cm³/mol. The molecule has 145 valence electrons. The second-order valence-electron chi connectivity index (χ2n) is 6.80. The standard InChI is InChI=1S/C23H17N4O.Ir/c1-15-10-19(17-6-4-3-5-7-17)11-16(2)22(15)27-13-25-26-23(27)18-8-9-20-21(12-18)28-14-24-20;/h3-7,9-14H,1-2H3;/q-1;. The Morgan fingerprint density at radius 2 is 1.72 bits per heavy atom. The van der Waals surface area contributed by atoms with Crippen LogP contribution in [0.25, 0.3) is 39.3 Å². The Hall–Kier alpha value is -3.08. The van der Waals surface area contributed by atoms with Crippen LogP contribution in [-0.2, 0) is 20.1 Å². The van der Waals surface area contributed by atoms with Crippen molar-refractivity contribution in [1.82, 2.24) is 19.7 Å². The molecule has 0 saturated heterocycles. The number of aryl methyl sites for hydroxylation is 2. The summed E-state index contributed by atoms with van der Waals surface area (Å²) in [5.74, 6) is 0.719. The molecule has 0 aliphatic heterocycles. The summed E-state index contributed by atoms with van der Waals surface area (Å²) in [7, 11) is 0. The molecular weight excluding hydrogens is 540 g/mol. The quantitative estimate of drug-likeness (QED) is 0.288. The third kappa shape index (κ3) is 3.41. The van der Waals surface area contributed by atoms with Crippen LogP contribution < -0.4 is 0 Å².